The van der Waals surface area contributed by atoms with Gasteiger partial charge in [-0.3, -0.25) is 10.1 Å². The lowest BCUT2D eigenvalue weighted by Gasteiger charge is -2.32. The van der Waals surface area contributed by atoms with E-state index in [2.05, 4.69) is 15.5 Å². The highest BCUT2D eigenvalue weighted by Gasteiger charge is 2.52. The molecule has 0 aliphatic carbocycles. The Labute approximate surface area is 138 Å². The van der Waals surface area contributed by atoms with Crippen molar-refractivity contribution < 1.29 is 18.6 Å². The second-order valence-electron chi connectivity index (χ2n) is 6.41. The van der Waals surface area contributed by atoms with E-state index in [1.807, 2.05) is 27.7 Å². The van der Waals surface area contributed by atoms with Crippen LogP contribution in [-0.4, -0.2) is 34.4 Å². The van der Waals surface area contributed by atoms with Gasteiger partial charge in [-0.2, -0.15) is 0 Å². The average molecular weight is 335 g/mol. The number of rotatable bonds is 3. The minimum atomic E-state index is -0.486. The Bertz CT molecular complexity index is 724. The molecule has 0 radical (unpaired) electrons. The Kier molecular flexibility index (Phi) is 3.82. The van der Waals surface area contributed by atoms with Crippen molar-refractivity contribution in [3.05, 3.63) is 23.7 Å². The number of anilines is 1. The van der Waals surface area contributed by atoms with Crippen LogP contribution in [0.25, 0.3) is 0 Å². The zero-order valence-corrected chi connectivity index (χ0v) is 14.5. The molecule has 23 heavy (non-hydrogen) atoms. The topological polar surface area (TPSA) is 86.5 Å². The van der Waals surface area contributed by atoms with Crippen LogP contribution in [0.2, 0.25) is 0 Å². The summed E-state index contributed by atoms with van der Waals surface area (Å²) in [5.74, 6) is 0.156. The van der Waals surface area contributed by atoms with Crippen molar-refractivity contribution in [2.45, 2.75) is 45.8 Å². The molecule has 0 aromatic carbocycles. The van der Waals surface area contributed by atoms with Crippen molar-refractivity contribution in [1.29, 1.82) is 0 Å². The van der Waals surface area contributed by atoms with Crippen LogP contribution in [0.4, 0.5) is 5.13 Å². The molecule has 3 heterocycles. The molecule has 1 fully saturated rings. The third-order valence-corrected chi connectivity index (χ3v) is 5.16. The summed E-state index contributed by atoms with van der Waals surface area (Å²) in [6, 6.07) is 0. The number of hydrogen-bond acceptors (Lipinski definition) is 7. The number of carbonyl (C=O) groups excluding carboxylic acids is 1. The molecule has 122 valence electrons. The van der Waals surface area contributed by atoms with Gasteiger partial charge in [0.05, 0.1) is 22.2 Å². The van der Waals surface area contributed by atoms with Crippen molar-refractivity contribution in [2.75, 3.05) is 5.32 Å². The van der Waals surface area contributed by atoms with Gasteiger partial charge in [-0.25, -0.2) is 4.98 Å². The third-order valence-electron chi connectivity index (χ3n) is 4.22. The Hall–Kier alpha value is -1.71. The molecule has 0 unspecified atom stereocenters. The summed E-state index contributed by atoms with van der Waals surface area (Å²) in [6.45, 7) is 9.65. The van der Waals surface area contributed by atoms with E-state index < -0.39 is 18.3 Å². The number of thiazole rings is 1. The summed E-state index contributed by atoms with van der Waals surface area (Å²) in [6.07, 6.45) is 3.04. The molecule has 1 aliphatic rings. The number of hydrogen-bond donors (Lipinski definition) is 1. The highest BCUT2D eigenvalue weighted by atomic mass is 32.1. The second kappa shape index (κ2) is 5.43. The van der Waals surface area contributed by atoms with E-state index in [0.29, 0.717) is 16.5 Å². The fraction of sp³-hybridized carbons (Fsp3) is 0.500. The molecule has 1 N–H and O–H groups in total. The molecule has 7 nitrogen and oxygen atoms in total. The minimum Gasteiger partial charge on any atom is -0.399 e. The number of aryl methyl sites for hydroxylation is 1. The van der Waals surface area contributed by atoms with Crippen molar-refractivity contribution in [2.24, 2.45) is 0 Å². The molecule has 9 heteroatoms. The predicted molar refractivity (Wildman–Crippen MR) is 87.0 cm³/mol. The zero-order valence-electron chi connectivity index (χ0n) is 13.7. The number of nitrogens with one attached hydrogen (secondary N) is 1. The molecule has 1 amide bonds. The maximum absolute atomic E-state index is 12.1. The normalized spacial score (nSPS) is 19.1. The first-order valence-corrected chi connectivity index (χ1v) is 8.05. The number of carbonyl (C=O) groups is 1. The maximum Gasteiger partial charge on any atom is 0.507 e. The lowest BCUT2D eigenvalue weighted by atomic mass is 9.89. The van der Waals surface area contributed by atoms with Gasteiger partial charge in [0, 0.05) is 6.20 Å². The summed E-state index contributed by atoms with van der Waals surface area (Å²) in [5.41, 5.74) is -0.438. The highest BCUT2D eigenvalue weighted by Crippen LogP contribution is 2.37. The van der Waals surface area contributed by atoms with E-state index in [0.717, 1.165) is 4.78 Å². The summed E-state index contributed by atoms with van der Waals surface area (Å²) < 4.78 is 17.6. The molecular weight excluding hydrogens is 317 g/mol. The Morgan fingerprint density at radius 2 is 1.87 bits per heavy atom. The van der Waals surface area contributed by atoms with Gasteiger partial charge in [0.25, 0.3) is 5.91 Å². The SMILES string of the molecule is Cc1oncc1C(=O)Nc1ncc(B2OC(C)(C)C(C)(C)O2)s1. The van der Waals surface area contributed by atoms with E-state index in [4.69, 9.17) is 13.8 Å². The van der Waals surface area contributed by atoms with Crippen molar-refractivity contribution in [3.8, 4) is 0 Å². The molecule has 1 saturated heterocycles. The van der Waals surface area contributed by atoms with Crippen LogP contribution < -0.4 is 10.1 Å². The van der Waals surface area contributed by atoms with Crippen molar-refractivity contribution in [1.82, 2.24) is 10.1 Å². The van der Waals surface area contributed by atoms with Gasteiger partial charge in [-0.1, -0.05) is 5.16 Å². The zero-order chi connectivity index (χ0) is 16.8. The fourth-order valence-electron chi connectivity index (χ4n) is 2.09. The predicted octanol–water partition coefficient (Wildman–Crippen LogP) is 1.99. The first kappa shape index (κ1) is 16.2. The average Bonchev–Trinajstić information content (AvgIpc) is 3.10. The van der Waals surface area contributed by atoms with Gasteiger partial charge in [-0.15, -0.1) is 11.3 Å². The molecule has 2 aromatic rings. The summed E-state index contributed by atoms with van der Waals surface area (Å²) in [7, 11) is -0.486. The van der Waals surface area contributed by atoms with Crippen LogP contribution >= 0.6 is 11.3 Å². The van der Waals surface area contributed by atoms with E-state index in [1.165, 1.54) is 17.5 Å². The number of amides is 1. The van der Waals surface area contributed by atoms with Crippen LogP contribution in [0, 0.1) is 6.92 Å². The van der Waals surface area contributed by atoms with Crippen LogP contribution in [0.1, 0.15) is 43.8 Å². The Balaban J connectivity index is 1.72. The molecular formula is C14H18BN3O4S. The van der Waals surface area contributed by atoms with Gasteiger partial charge < -0.3 is 13.8 Å². The summed E-state index contributed by atoms with van der Waals surface area (Å²) >= 11 is 1.32. The van der Waals surface area contributed by atoms with Gasteiger partial charge in [0.15, 0.2) is 5.13 Å². The molecule has 1 aliphatic heterocycles. The first-order valence-electron chi connectivity index (χ1n) is 7.23. The fourth-order valence-corrected chi connectivity index (χ4v) is 2.86. The standard InChI is InChI=1S/C14H18BN3O4S/c1-8-9(6-17-20-8)11(19)18-12-16-7-10(23-12)15-21-13(2,3)14(4,5)22-15/h6-7H,1-5H3,(H,16,18,19). The van der Waals surface area contributed by atoms with Crippen LogP contribution in [0.5, 0.6) is 0 Å². The Morgan fingerprint density at radius 1 is 1.22 bits per heavy atom. The molecule has 0 spiro atoms. The van der Waals surface area contributed by atoms with Crippen LogP contribution in [0.3, 0.4) is 0 Å². The lowest BCUT2D eigenvalue weighted by molar-refractivity contribution is 0.00578. The smallest absolute Gasteiger partial charge is 0.399 e. The number of aromatic nitrogens is 2. The van der Waals surface area contributed by atoms with Crippen molar-refractivity contribution in [3.63, 3.8) is 0 Å². The molecule has 0 atom stereocenters. The summed E-state index contributed by atoms with van der Waals surface area (Å²) in [5, 5.41) is 6.79. The van der Waals surface area contributed by atoms with Crippen LogP contribution in [0.15, 0.2) is 16.9 Å². The van der Waals surface area contributed by atoms with Gasteiger partial charge in [0.2, 0.25) is 0 Å². The van der Waals surface area contributed by atoms with E-state index >= 15 is 0 Å². The lowest BCUT2D eigenvalue weighted by Crippen LogP contribution is -2.41. The monoisotopic (exact) mass is 335 g/mol. The second-order valence-corrected chi connectivity index (χ2v) is 7.47. The molecule has 2 aromatic heterocycles. The first-order chi connectivity index (χ1) is 10.7. The van der Waals surface area contributed by atoms with Gasteiger partial charge in [0.1, 0.15) is 11.3 Å². The molecule has 0 saturated carbocycles. The van der Waals surface area contributed by atoms with Gasteiger partial charge in [-0.05, 0) is 34.6 Å². The van der Waals surface area contributed by atoms with E-state index in [-0.39, 0.29) is 5.91 Å². The van der Waals surface area contributed by atoms with Crippen molar-refractivity contribution >= 4 is 34.3 Å². The van der Waals surface area contributed by atoms with Crippen LogP contribution in [-0.2, 0) is 9.31 Å². The van der Waals surface area contributed by atoms with E-state index in [9.17, 15) is 4.79 Å². The third kappa shape index (κ3) is 2.91. The minimum absolute atomic E-state index is 0.307. The highest BCUT2D eigenvalue weighted by molar-refractivity contribution is 7.25. The maximum atomic E-state index is 12.1. The summed E-state index contributed by atoms with van der Waals surface area (Å²) in [4.78, 5) is 16.3. The molecule has 3 rings (SSSR count). The quantitative estimate of drug-likeness (QED) is 0.864. The number of nitrogens with zero attached hydrogens (tertiary/aromatic N) is 2. The largest absolute Gasteiger partial charge is 0.507 e. The Morgan fingerprint density at radius 3 is 2.43 bits per heavy atom. The van der Waals surface area contributed by atoms with E-state index in [1.54, 1.807) is 13.1 Å². The molecule has 0 bridgehead atoms. The van der Waals surface area contributed by atoms with Gasteiger partial charge >= 0.3 is 7.12 Å².